The zero-order valence-corrected chi connectivity index (χ0v) is 16.2. The second kappa shape index (κ2) is 6.66. The van der Waals surface area contributed by atoms with E-state index >= 15 is 0 Å². The van der Waals surface area contributed by atoms with Gasteiger partial charge >= 0.3 is 0 Å². The third kappa shape index (κ3) is 2.74. The van der Waals surface area contributed by atoms with Crippen molar-refractivity contribution < 1.29 is 4.39 Å². The largest absolute Gasteiger partial charge is 0.348 e. The van der Waals surface area contributed by atoms with Crippen LogP contribution in [0.4, 0.5) is 10.2 Å². The van der Waals surface area contributed by atoms with E-state index in [0.717, 1.165) is 58.6 Å². The lowest BCUT2D eigenvalue weighted by molar-refractivity contribution is 0.617. The van der Waals surface area contributed by atoms with E-state index in [4.69, 9.17) is 5.10 Å². The van der Waals surface area contributed by atoms with Gasteiger partial charge in [0.05, 0.1) is 29.6 Å². The van der Waals surface area contributed by atoms with Gasteiger partial charge in [-0.05, 0) is 54.8 Å². The molecule has 1 saturated heterocycles. The predicted molar refractivity (Wildman–Crippen MR) is 114 cm³/mol. The van der Waals surface area contributed by atoms with Crippen molar-refractivity contribution in [3.63, 3.8) is 0 Å². The first-order valence-electron chi connectivity index (χ1n) is 10.1. The Balaban J connectivity index is 1.43. The van der Waals surface area contributed by atoms with Crippen LogP contribution in [0, 0.1) is 5.82 Å². The van der Waals surface area contributed by atoms with Gasteiger partial charge in [0.25, 0.3) is 0 Å². The Morgan fingerprint density at radius 1 is 1.03 bits per heavy atom. The summed E-state index contributed by atoms with van der Waals surface area (Å²) in [5.41, 5.74) is 4.74. The van der Waals surface area contributed by atoms with Crippen molar-refractivity contribution in [1.82, 2.24) is 24.8 Å². The maximum absolute atomic E-state index is 13.8. The van der Waals surface area contributed by atoms with Crippen molar-refractivity contribution in [1.29, 1.82) is 0 Å². The SMILES string of the molecule is Fc1cccc(C2CCCN2c2ccc3ncc(-c4ccc5[nH]ncc5c4)n3n2)c1. The Bertz CT molecular complexity index is 1370. The predicted octanol–water partition coefficient (Wildman–Crippen LogP) is 4.75. The molecule has 0 spiro atoms. The Morgan fingerprint density at radius 3 is 2.93 bits per heavy atom. The number of anilines is 1. The molecule has 2 aromatic carbocycles. The number of imidazole rings is 1. The van der Waals surface area contributed by atoms with Gasteiger partial charge in [0.2, 0.25) is 0 Å². The van der Waals surface area contributed by atoms with Gasteiger partial charge in [-0.25, -0.2) is 13.9 Å². The summed E-state index contributed by atoms with van der Waals surface area (Å²) >= 11 is 0. The molecular weight excluding hydrogens is 379 g/mol. The number of benzene rings is 2. The number of aromatic amines is 1. The summed E-state index contributed by atoms with van der Waals surface area (Å²) in [4.78, 5) is 6.79. The minimum atomic E-state index is -0.200. The van der Waals surface area contributed by atoms with Crippen molar-refractivity contribution in [3.05, 3.63) is 78.4 Å². The van der Waals surface area contributed by atoms with Gasteiger partial charge in [0.1, 0.15) is 11.6 Å². The number of halogens is 1. The second-order valence-corrected chi connectivity index (χ2v) is 7.68. The van der Waals surface area contributed by atoms with Crippen molar-refractivity contribution >= 4 is 22.4 Å². The van der Waals surface area contributed by atoms with Crippen LogP contribution in [0.2, 0.25) is 0 Å². The van der Waals surface area contributed by atoms with E-state index in [9.17, 15) is 4.39 Å². The number of fused-ring (bicyclic) bond motifs is 2. The Kier molecular flexibility index (Phi) is 3.80. The first kappa shape index (κ1) is 17.1. The highest BCUT2D eigenvalue weighted by atomic mass is 19.1. The molecule has 0 bridgehead atoms. The molecule has 7 heteroatoms. The van der Waals surface area contributed by atoms with Crippen LogP contribution >= 0.6 is 0 Å². The molecule has 0 aliphatic carbocycles. The average molecular weight is 398 g/mol. The molecule has 1 fully saturated rings. The van der Waals surface area contributed by atoms with Crippen molar-refractivity contribution in [3.8, 4) is 11.3 Å². The molecular formula is C23H19FN6. The van der Waals surface area contributed by atoms with Crippen LogP contribution in [0.15, 0.2) is 67.0 Å². The number of nitrogens with one attached hydrogen (secondary N) is 1. The zero-order chi connectivity index (χ0) is 20.1. The summed E-state index contributed by atoms with van der Waals surface area (Å²) in [7, 11) is 0. The van der Waals surface area contributed by atoms with Gasteiger partial charge < -0.3 is 4.90 Å². The number of H-pyrrole nitrogens is 1. The first-order chi connectivity index (χ1) is 14.8. The molecule has 4 heterocycles. The number of rotatable bonds is 3. The highest BCUT2D eigenvalue weighted by Gasteiger charge is 2.28. The molecule has 0 saturated carbocycles. The molecule has 0 radical (unpaired) electrons. The summed E-state index contributed by atoms with van der Waals surface area (Å²) in [5, 5.41) is 13.0. The van der Waals surface area contributed by atoms with Gasteiger partial charge in [0, 0.05) is 17.5 Å². The third-order valence-electron chi connectivity index (χ3n) is 5.86. The molecule has 1 atom stereocenters. The van der Waals surface area contributed by atoms with Crippen LogP contribution in [0.1, 0.15) is 24.4 Å². The van der Waals surface area contributed by atoms with Crippen LogP contribution in [-0.4, -0.2) is 31.3 Å². The summed E-state index contributed by atoms with van der Waals surface area (Å²) in [6.07, 6.45) is 5.70. The molecule has 3 aromatic heterocycles. The third-order valence-corrected chi connectivity index (χ3v) is 5.86. The summed E-state index contributed by atoms with van der Waals surface area (Å²) < 4.78 is 15.7. The van der Waals surface area contributed by atoms with Crippen molar-refractivity contribution in [2.75, 3.05) is 11.4 Å². The fourth-order valence-corrected chi connectivity index (χ4v) is 4.42. The van der Waals surface area contributed by atoms with E-state index < -0.39 is 0 Å². The molecule has 6 rings (SSSR count). The first-order valence-corrected chi connectivity index (χ1v) is 10.1. The Hall–Kier alpha value is -3.74. The minimum absolute atomic E-state index is 0.125. The topological polar surface area (TPSA) is 62.1 Å². The van der Waals surface area contributed by atoms with E-state index in [-0.39, 0.29) is 11.9 Å². The summed E-state index contributed by atoms with van der Waals surface area (Å²) in [5.74, 6) is 0.673. The molecule has 30 heavy (non-hydrogen) atoms. The van der Waals surface area contributed by atoms with Crippen LogP contribution in [0.25, 0.3) is 27.8 Å². The monoisotopic (exact) mass is 398 g/mol. The van der Waals surface area contributed by atoms with Gasteiger partial charge in [-0.1, -0.05) is 18.2 Å². The number of hydrogen-bond acceptors (Lipinski definition) is 4. The smallest absolute Gasteiger partial charge is 0.154 e. The molecule has 5 aromatic rings. The fraction of sp³-hybridized carbons (Fsp3) is 0.174. The fourth-order valence-electron chi connectivity index (χ4n) is 4.42. The number of hydrogen-bond donors (Lipinski definition) is 1. The van der Waals surface area contributed by atoms with E-state index in [2.05, 4.69) is 26.1 Å². The van der Waals surface area contributed by atoms with Gasteiger partial charge in [-0.2, -0.15) is 5.10 Å². The molecule has 1 aliphatic rings. The molecule has 0 amide bonds. The Morgan fingerprint density at radius 2 is 2.00 bits per heavy atom. The maximum Gasteiger partial charge on any atom is 0.154 e. The lowest BCUT2D eigenvalue weighted by atomic mass is 10.0. The zero-order valence-electron chi connectivity index (χ0n) is 16.2. The summed E-state index contributed by atoms with van der Waals surface area (Å²) in [6.45, 7) is 0.894. The van der Waals surface area contributed by atoms with Crippen LogP contribution in [0.5, 0.6) is 0 Å². The number of aromatic nitrogens is 5. The molecule has 1 unspecified atom stereocenters. The second-order valence-electron chi connectivity index (χ2n) is 7.68. The lowest BCUT2D eigenvalue weighted by Gasteiger charge is -2.26. The standard InChI is InChI=1S/C23H19FN6/c24-18-4-1-3-15(12-18)20-5-2-10-29(20)23-9-8-22-25-14-21(30(22)28-23)16-6-7-19-17(11-16)13-26-27-19/h1,3-4,6-9,11-14,20H,2,5,10H2,(H,26,27). The average Bonchev–Trinajstić information content (AvgIpc) is 3.51. The Labute approximate surface area is 172 Å². The highest BCUT2D eigenvalue weighted by molar-refractivity contribution is 5.83. The molecule has 1 aliphatic heterocycles. The van der Waals surface area contributed by atoms with Gasteiger partial charge in [-0.3, -0.25) is 5.10 Å². The number of nitrogens with zero attached hydrogens (tertiary/aromatic N) is 5. The highest BCUT2D eigenvalue weighted by Crippen LogP contribution is 2.35. The van der Waals surface area contributed by atoms with Gasteiger partial charge in [-0.15, -0.1) is 5.10 Å². The minimum Gasteiger partial charge on any atom is -0.348 e. The van der Waals surface area contributed by atoms with E-state index in [0.29, 0.717) is 0 Å². The quantitative estimate of drug-likeness (QED) is 0.476. The van der Waals surface area contributed by atoms with Gasteiger partial charge in [0.15, 0.2) is 5.65 Å². The molecule has 148 valence electrons. The van der Waals surface area contributed by atoms with Crippen molar-refractivity contribution in [2.45, 2.75) is 18.9 Å². The van der Waals surface area contributed by atoms with E-state index in [1.807, 2.05) is 47.2 Å². The maximum atomic E-state index is 13.8. The molecule has 6 nitrogen and oxygen atoms in total. The van der Waals surface area contributed by atoms with Crippen LogP contribution in [-0.2, 0) is 0 Å². The molecule has 1 N–H and O–H groups in total. The van der Waals surface area contributed by atoms with Crippen LogP contribution < -0.4 is 4.90 Å². The van der Waals surface area contributed by atoms with Crippen LogP contribution in [0.3, 0.4) is 0 Å². The van der Waals surface area contributed by atoms with E-state index in [1.54, 1.807) is 12.1 Å². The van der Waals surface area contributed by atoms with E-state index in [1.165, 1.54) is 6.07 Å². The normalized spacial score (nSPS) is 16.7. The summed E-state index contributed by atoms with van der Waals surface area (Å²) in [6, 6.07) is 17.1. The van der Waals surface area contributed by atoms with Crippen molar-refractivity contribution in [2.24, 2.45) is 0 Å². The lowest BCUT2D eigenvalue weighted by Crippen LogP contribution is -2.24.